The first-order valence-corrected chi connectivity index (χ1v) is 14.2. The monoisotopic (exact) mass is 602 g/mol. The summed E-state index contributed by atoms with van der Waals surface area (Å²) < 4.78 is 159. The van der Waals surface area contributed by atoms with Crippen LogP contribution in [0.3, 0.4) is 0 Å². The van der Waals surface area contributed by atoms with E-state index in [1.54, 1.807) is 0 Å². The number of hydrogen-bond donors (Lipinski definition) is 0. The molecule has 0 saturated heterocycles. The Balaban J connectivity index is 6.45. The molecule has 0 amide bonds. The molecular weight excluding hydrogens is 566 g/mol. The molecule has 37 heavy (non-hydrogen) atoms. The molecule has 16 heteroatoms. The van der Waals surface area contributed by atoms with Gasteiger partial charge in [0.15, 0.2) is 6.29 Å². The lowest BCUT2D eigenvalue weighted by molar-refractivity contribution is -0.382. The Morgan fingerprint density at radius 3 is 1.49 bits per heavy atom. The summed E-state index contributed by atoms with van der Waals surface area (Å²) in [5.74, 6) is -16.0. The maximum atomic E-state index is 14.2. The fraction of sp³-hybridized carbons (Fsp3) is 1.00. The highest BCUT2D eigenvalue weighted by Gasteiger charge is 2.85. The lowest BCUT2D eigenvalue weighted by atomic mass is 9.74. The van der Waals surface area contributed by atoms with Crippen molar-refractivity contribution in [3.63, 3.8) is 0 Å². The van der Waals surface area contributed by atoms with Crippen LogP contribution in [-0.4, -0.2) is 50.9 Å². The Morgan fingerprint density at radius 2 is 1.16 bits per heavy atom. The molecule has 0 spiro atoms. The summed E-state index contributed by atoms with van der Waals surface area (Å²) in [5.41, 5.74) is -0.892. The van der Waals surface area contributed by atoms with Gasteiger partial charge in [-0.2, -0.15) is 47.9 Å². The van der Waals surface area contributed by atoms with E-state index in [0.717, 1.165) is 0 Å². The van der Waals surface area contributed by atoms with Gasteiger partial charge in [0.05, 0.1) is 8.81 Å². The second-order valence-electron chi connectivity index (χ2n) is 8.81. The first-order valence-electron chi connectivity index (χ1n) is 11.8. The van der Waals surface area contributed by atoms with Crippen molar-refractivity contribution in [2.24, 2.45) is 5.41 Å². The predicted molar refractivity (Wildman–Crippen MR) is 122 cm³/mol. The number of methoxy groups -OCH3 is 1. The SMILES string of the molecule is CCCCC(CCCC)(CCCC)C(OC(C)OC)POS(=O)(=O)C(F)(F)C(F)(F)C(F)(F)C(F)(F)F. The number of halogens is 9. The van der Waals surface area contributed by atoms with Crippen molar-refractivity contribution in [1.82, 2.24) is 0 Å². The molecule has 0 aromatic heterocycles. The van der Waals surface area contributed by atoms with Gasteiger partial charge in [-0.3, -0.25) is 0 Å². The predicted octanol–water partition coefficient (Wildman–Crippen LogP) is 8.24. The van der Waals surface area contributed by atoms with Crippen molar-refractivity contribution in [3.05, 3.63) is 0 Å². The highest BCUT2D eigenvalue weighted by molar-refractivity contribution is 7.90. The normalized spacial score (nSPS) is 16.5. The van der Waals surface area contributed by atoms with Crippen molar-refractivity contribution in [3.8, 4) is 0 Å². The number of hydrogen-bond acceptors (Lipinski definition) is 5. The van der Waals surface area contributed by atoms with E-state index < -0.39 is 59.8 Å². The summed E-state index contributed by atoms with van der Waals surface area (Å²) in [6, 6.07) is 0. The summed E-state index contributed by atoms with van der Waals surface area (Å²) >= 11 is 0. The summed E-state index contributed by atoms with van der Waals surface area (Å²) in [6.07, 6.45) is -3.15. The number of rotatable bonds is 19. The first-order chi connectivity index (χ1) is 16.7. The fourth-order valence-corrected chi connectivity index (χ4v) is 6.22. The summed E-state index contributed by atoms with van der Waals surface area (Å²) in [5, 5.41) is -6.91. The van der Waals surface area contributed by atoms with Gasteiger partial charge in [0.2, 0.25) is 0 Å². The number of ether oxygens (including phenoxy) is 2. The van der Waals surface area contributed by atoms with E-state index in [1.807, 2.05) is 20.8 Å². The molecule has 0 saturated carbocycles. The minimum Gasteiger partial charge on any atom is -0.356 e. The number of unbranched alkanes of at least 4 members (excludes halogenated alkanes) is 3. The third kappa shape index (κ3) is 8.56. The van der Waals surface area contributed by atoms with Gasteiger partial charge in [-0.05, 0) is 26.2 Å². The first kappa shape index (κ1) is 36.6. The molecule has 0 fully saturated rings. The van der Waals surface area contributed by atoms with Gasteiger partial charge in [0.25, 0.3) is 0 Å². The smallest absolute Gasteiger partial charge is 0.356 e. The Kier molecular flexibility index (Phi) is 14.2. The molecular formula is C21H36F9O5PS. The average Bonchev–Trinajstić information content (AvgIpc) is 2.80. The Bertz CT molecular complexity index is 757. The largest absolute Gasteiger partial charge is 0.460 e. The maximum absolute atomic E-state index is 14.2. The second-order valence-corrected chi connectivity index (χ2v) is 11.7. The van der Waals surface area contributed by atoms with Crippen LogP contribution in [0.2, 0.25) is 0 Å². The van der Waals surface area contributed by atoms with Crippen LogP contribution in [0.15, 0.2) is 0 Å². The summed E-state index contributed by atoms with van der Waals surface area (Å²) in [6.45, 7) is 6.99. The van der Waals surface area contributed by atoms with E-state index in [2.05, 4.69) is 3.97 Å². The van der Waals surface area contributed by atoms with Crippen LogP contribution in [0.25, 0.3) is 0 Å². The van der Waals surface area contributed by atoms with Crippen LogP contribution in [0.1, 0.15) is 85.5 Å². The quantitative estimate of drug-likeness (QED) is 0.0847. The third-order valence-electron chi connectivity index (χ3n) is 6.00. The zero-order valence-electron chi connectivity index (χ0n) is 21.4. The van der Waals surface area contributed by atoms with Crippen molar-refractivity contribution >= 4 is 18.9 Å². The molecule has 0 aliphatic heterocycles. The van der Waals surface area contributed by atoms with Gasteiger partial charge in [0, 0.05) is 12.5 Å². The molecule has 0 aromatic rings. The number of alkyl halides is 9. The van der Waals surface area contributed by atoms with Crippen LogP contribution in [0, 0.1) is 5.41 Å². The standard InChI is InChI=1S/C21H36F9O5PS/c1-6-9-12-17(13-10-7-2,14-11-8-3)16(34-15(4)33-5)36-35-37(31,32)21(29,30)19(24,25)18(22,23)20(26,27)28/h15-16,36H,6-14H2,1-5H3. The zero-order chi connectivity index (χ0) is 29.3. The molecule has 224 valence electrons. The molecule has 0 N–H and O–H groups in total. The van der Waals surface area contributed by atoms with E-state index in [9.17, 15) is 47.9 Å². The lowest BCUT2D eigenvalue weighted by Gasteiger charge is -2.42. The van der Waals surface area contributed by atoms with Crippen LogP contribution >= 0.6 is 8.81 Å². The van der Waals surface area contributed by atoms with Gasteiger partial charge in [-0.1, -0.05) is 59.3 Å². The van der Waals surface area contributed by atoms with Crippen LogP contribution < -0.4 is 0 Å². The minimum absolute atomic E-state index is 0.402. The highest BCUT2D eigenvalue weighted by Crippen LogP contribution is 2.56. The summed E-state index contributed by atoms with van der Waals surface area (Å²) in [4.78, 5) is 0. The van der Waals surface area contributed by atoms with E-state index in [0.29, 0.717) is 57.8 Å². The summed E-state index contributed by atoms with van der Waals surface area (Å²) in [7, 11) is -7.42. The molecule has 0 radical (unpaired) electrons. The fourth-order valence-electron chi connectivity index (χ4n) is 3.58. The van der Waals surface area contributed by atoms with Crippen molar-refractivity contribution in [1.29, 1.82) is 0 Å². The molecule has 3 atom stereocenters. The lowest BCUT2D eigenvalue weighted by Crippen LogP contribution is -2.63. The molecule has 0 bridgehead atoms. The maximum Gasteiger partial charge on any atom is 0.460 e. The molecule has 0 heterocycles. The second kappa shape index (κ2) is 14.3. The van der Waals surface area contributed by atoms with Crippen LogP contribution in [0.4, 0.5) is 39.5 Å². The van der Waals surface area contributed by atoms with Crippen molar-refractivity contribution in [2.75, 3.05) is 7.11 Å². The Labute approximate surface area is 214 Å². The molecule has 0 aliphatic rings. The topological polar surface area (TPSA) is 61.8 Å². The van der Waals surface area contributed by atoms with E-state index >= 15 is 0 Å². The van der Waals surface area contributed by atoms with E-state index in [4.69, 9.17) is 9.47 Å². The molecule has 0 aliphatic carbocycles. The van der Waals surface area contributed by atoms with E-state index in [-0.39, 0.29) is 0 Å². The van der Waals surface area contributed by atoms with E-state index in [1.165, 1.54) is 14.0 Å². The zero-order valence-corrected chi connectivity index (χ0v) is 23.2. The van der Waals surface area contributed by atoms with Crippen LogP contribution in [0.5, 0.6) is 0 Å². The molecule has 3 unspecified atom stereocenters. The Hall–Kier alpha value is -0.370. The minimum atomic E-state index is -7.36. The highest BCUT2D eigenvalue weighted by atomic mass is 32.2. The van der Waals surface area contributed by atoms with Gasteiger partial charge in [-0.15, -0.1) is 0 Å². The van der Waals surface area contributed by atoms with Gasteiger partial charge >= 0.3 is 33.4 Å². The molecule has 0 aromatic carbocycles. The van der Waals surface area contributed by atoms with Crippen LogP contribution in [-0.2, 0) is 23.6 Å². The molecule has 5 nitrogen and oxygen atoms in total. The molecule has 0 rings (SSSR count). The van der Waals surface area contributed by atoms with Crippen molar-refractivity contribution < 1.29 is 61.4 Å². The third-order valence-corrected chi connectivity index (χ3v) is 9.10. The van der Waals surface area contributed by atoms with Gasteiger partial charge in [-0.25, -0.2) is 3.97 Å². The van der Waals surface area contributed by atoms with Crippen molar-refractivity contribution in [2.45, 2.75) is 121 Å². The Morgan fingerprint density at radius 1 is 0.757 bits per heavy atom. The van der Waals surface area contributed by atoms with Gasteiger partial charge in [0.1, 0.15) is 5.85 Å². The van der Waals surface area contributed by atoms with Gasteiger partial charge < -0.3 is 9.47 Å². The average molecular weight is 603 g/mol.